The lowest BCUT2D eigenvalue weighted by atomic mass is 9.81. The normalized spacial score (nSPS) is 23.0. The maximum atomic E-state index is 14.7. The van der Waals surface area contributed by atoms with Crippen LogP contribution in [-0.4, -0.2) is 91.1 Å². The van der Waals surface area contributed by atoms with Crippen molar-refractivity contribution in [3.05, 3.63) is 54.0 Å². The fraction of sp³-hybridized carbons (Fsp3) is 0.472. The van der Waals surface area contributed by atoms with E-state index in [4.69, 9.17) is 18.9 Å². The third-order valence-corrected chi connectivity index (χ3v) is 14.7. The first-order valence-corrected chi connectivity index (χ1v) is 19.0. The lowest BCUT2D eigenvalue weighted by molar-refractivity contribution is -0.143. The number of hydrogen-bond donors (Lipinski definition) is 0. The molecule has 0 N–H and O–H groups in total. The van der Waals surface area contributed by atoms with E-state index in [9.17, 15) is 33.6 Å². The molecule has 1 spiro atoms. The summed E-state index contributed by atoms with van der Waals surface area (Å²) in [4.78, 5) is 98.5. The van der Waals surface area contributed by atoms with Crippen molar-refractivity contribution in [2.45, 2.75) is 63.0 Å². The molecule has 0 radical (unpaired) electrons. The molecule has 0 bridgehead atoms. The van der Waals surface area contributed by atoms with Crippen LogP contribution in [0.5, 0.6) is 0 Å². The predicted octanol–water partition coefficient (Wildman–Crippen LogP) is 4.40. The molecule has 52 heavy (non-hydrogen) atoms. The van der Waals surface area contributed by atoms with Gasteiger partial charge >= 0.3 is 23.9 Å². The van der Waals surface area contributed by atoms with Crippen molar-refractivity contribution in [1.29, 1.82) is 0 Å². The van der Waals surface area contributed by atoms with Crippen LogP contribution in [-0.2, 0) is 52.5 Å². The lowest BCUT2D eigenvalue weighted by Gasteiger charge is -2.51. The Morgan fingerprint density at radius 1 is 0.769 bits per heavy atom. The third-order valence-electron chi connectivity index (χ3n) is 10.0. The van der Waals surface area contributed by atoms with Crippen molar-refractivity contribution in [2.75, 3.05) is 39.9 Å². The number of esters is 4. The monoisotopic (exact) mass is 770 g/mol. The number of methoxy groups -OCH3 is 4. The summed E-state index contributed by atoms with van der Waals surface area (Å²) in [6.45, 7) is 6.70. The van der Waals surface area contributed by atoms with Crippen molar-refractivity contribution in [2.24, 2.45) is 11.8 Å². The van der Waals surface area contributed by atoms with Crippen LogP contribution in [0.1, 0.15) is 56.2 Å². The van der Waals surface area contributed by atoms with Gasteiger partial charge in [0, 0.05) is 16.0 Å². The topological polar surface area (TPSA) is 163 Å². The number of ether oxygens (including phenoxy) is 4. The minimum Gasteiger partial charge on any atom is -0.466 e. The van der Waals surface area contributed by atoms with Crippen LogP contribution in [0.3, 0.4) is 0 Å². The van der Waals surface area contributed by atoms with Gasteiger partial charge in [0.05, 0.1) is 57.1 Å². The van der Waals surface area contributed by atoms with E-state index in [1.807, 2.05) is 26.0 Å². The smallest absolute Gasteiger partial charge is 0.345 e. The van der Waals surface area contributed by atoms with Crippen LogP contribution in [0.4, 0.5) is 5.69 Å². The van der Waals surface area contributed by atoms with Crippen molar-refractivity contribution in [3.8, 4) is 0 Å². The molecule has 16 heteroatoms. The highest BCUT2D eigenvalue weighted by Crippen LogP contribution is 2.71. The second-order valence-corrected chi connectivity index (χ2v) is 17.2. The molecule has 6 rings (SSSR count). The minimum absolute atomic E-state index is 0.154. The van der Waals surface area contributed by atoms with Gasteiger partial charge in [0.25, 0.3) is 0 Å². The van der Waals surface area contributed by atoms with Gasteiger partial charge in [-0.15, -0.1) is 0 Å². The first-order valence-electron chi connectivity index (χ1n) is 16.5. The molecular formula is C36H38N2O11S3. The minimum atomic E-state index is -1.73. The summed E-state index contributed by atoms with van der Waals surface area (Å²) < 4.78 is 18.8. The number of imide groups is 1. The van der Waals surface area contributed by atoms with Crippen LogP contribution < -0.4 is 4.90 Å². The average Bonchev–Trinajstić information content (AvgIpc) is 3.62. The summed E-state index contributed by atoms with van der Waals surface area (Å²) in [7, 11) is 4.61. The van der Waals surface area contributed by atoms with Gasteiger partial charge in [-0.25, -0.2) is 19.2 Å². The highest BCUT2D eigenvalue weighted by molar-refractivity contribution is 8.26. The van der Waals surface area contributed by atoms with Gasteiger partial charge in [0.2, 0.25) is 17.7 Å². The molecule has 2 unspecified atom stereocenters. The second kappa shape index (κ2) is 13.8. The molecule has 13 nitrogen and oxygen atoms in total. The fourth-order valence-corrected chi connectivity index (χ4v) is 12.9. The number of fused-ring (bicyclic) bond motifs is 4. The fourth-order valence-electron chi connectivity index (χ4n) is 7.84. The Morgan fingerprint density at radius 2 is 1.27 bits per heavy atom. The maximum absolute atomic E-state index is 14.7. The summed E-state index contributed by atoms with van der Waals surface area (Å²) in [5.41, 5.74) is 1.31. The van der Waals surface area contributed by atoms with Crippen LogP contribution >= 0.6 is 35.3 Å². The van der Waals surface area contributed by atoms with E-state index in [1.54, 1.807) is 13.8 Å². The van der Waals surface area contributed by atoms with Gasteiger partial charge in [-0.1, -0.05) is 59.8 Å². The predicted molar refractivity (Wildman–Crippen MR) is 194 cm³/mol. The third kappa shape index (κ3) is 5.59. The van der Waals surface area contributed by atoms with Gasteiger partial charge in [0.1, 0.15) is 25.3 Å². The standard InChI is InChI=1S/C36H38N2O11S3/c1-16-13-17(2)24-20(14-16)22-28(35(3,4)38(24)21(39)15-37-29(40)18-11-9-10-12-19(18)30(37)41)50-25(32(43)47-6)23(31(42)46-5)36(22)51-26(33(44)48-7)27(52-36)34(45)49-8/h13-14,18-19H,9-12,15H2,1-8H3. The number of anilines is 1. The van der Waals surface area contributed by atoms with Crippen LogP contribution in [0, 0.1) is 25.7 Å². The summed E-state index contributed by atoms with van der Waals surface area (Å²) in [5, 5.41) is 0. The lowest BCUT2D eigenvalue weighted by Crippen LogP contribution is -2.56. The summed E-state index contributed by atoms with van der Waals surface area (Å²) in [6.07, 6.45) is 2.88. The Balaban J connectivity index is 1.60. The molecule has 4 aliphatic heterocycles. The zero-order chi connectivity index (χ0) is 38.0. The molecule has 276 valence electrons. The number of carbonyl (C=O) groups is 7. The first kappa shape index (κ1) is 37.7. The van der Waals surface area contributed by atoms with Gasteiger partial charge in [-0.05, 0) is 52.2 Å². The van der Waals surface area contributed by atoms with Gasteiger partial charge in [-0.3, -0.25) is 24.2 Å². The van der Waals surface area contributed by atoms with Gasteiger partial charge in [-0.2, -0.15) is 0 Å². The Morgan fingerprint density at radius 3 is 1.77 bits per heavy atom. The molecule has 2 atom stereocenters. The van der Waals surface area contributed by atoms with Gasteiger partial charge < -0.3 is 18.9 Å². The largest absolute Gasteiger partial charge is 0.466 e. The molecule has 0 aromatic heterocycles. The van der Waals surface area contributed by atoms with Crippen LogP contribution in [0.15, 0.2) is 37.3 Å². The number of hydrogen-bond acceptors (Lipinski definition) is 14. The molecule has 1 saturated heterocycles. The molecule has 5 aliphatic rings. The number of carbonyl (C=O) groups excluding carboxylic acids is 7. The summed E-state index contributed by atoms with van der Waals surface area (Å²) in [6, 6.07) is 3.71. The van der Waals surface area contributed by atoms with E-state index in [1.165, 1.54) is 4.90 Å². The molecule has 1 aliphatic carbocycles. The average molecular weight is 771 g/mol. The maximum Gasteiger partial charge on any atom is 0.345 e. The molecule has 1 saturated carbocycles. The SMILES string of the molecule is COC(=O)C1=C(C(=O)OC)SC2(S1)C(C(=O)OC)=C(C(=O)OC)SC1=C2c2cc(C)cc(C)c2N(C(=O)CN2C(=O)C3CCCCC3C2=O)C1(C)C. The van der Waals surface area contributed by atoms with Crippen molar-refractivity contribution < 1.29 is 52.5 Å². The van der Waals surface area contributed by atoms with Crippen molar-refractivity contribution >= 4 is 88.1 Å². The second-order valence-electron chi connectivity index (χ2n) is 13.5. The number of amides is 3. The number of nitrogens with zero attached hydrogens (tertiary/aromatic N) is 2. The number of benzene rings is 1. The highest BCUT2D eigenvalue weighted by Gasteiger charge is 2.62. The zero-order valence-corrected chi connectivity index (χ0v) is 32.4. The van der Waals surface area contributed by atoms with E-state index in [-0.39, 0.29) is 32.1 Å². The molecule has 1 aromatic rings. The number of likely N-dealkylation sites (tertiary alicyclic amines) is 1. The Hall–Kier alpha value is -4.02. The van der Waals surface area contributed by atoms with E-state index < -0.39 is 57.8 Å². The number of rotatable bonds is 6. The zero-order valence-electron chi connectivity index (χ0n) is 30.0. The Bertz CT molecular complexity index is 1910. The van der Waals surface area contributed by atoms with Crippen molar-refractivity contribution in [3.63, 3.8) is 0 Å². The molecule has 4 heterocycles. The van der Waals surface area contributed by atoms with E-state index in [2.05, 4.69) is 0 Å². The quantitative estimate of drug-likeness (QED) is 0.227. The van der Waals surface area contributed by atoms with Crippen LogP contribution in [0.25, 0.3) is 5.57 Å². The highest BCUT2D eigenvalue weighted by atomic mass is 32.2. The van der Waals surface area contributed by atoms with Gasteiger partial charge in [0.15, 0.2) is 0 Å². The summed E-state index contributed by atoms with van der Waals surface area (Å²) in [5.74, 6) is -5.65. The first-order chi connectivity index (χ1) is 24.6. The van der Waals surface area contributed by atoms with Crippen LogP contribution in [0.2, 0.25) is 0 Å². The van der Waals surface area contributed by atoms with E-state index >= 15 is 0 Å². The van der Waals surface area contributed by atoms with E-state index in [0.29, 0.717) is 40.1 Å². The number of thioether (sulfide) groups is 3. The summed E-state index contributed by atoms with van der Waals surface area (Å²) >= 11 is 2.60. The molecule has 3 amide bonds. The number of aryl methyl sites for hydroxylation is 2. The Kier molecular flexibility index (Phi) is 9.98. The molecular weight excluding hydrogens is 733 g/mol. The molecule has 1 aromatic carbocycles. The molecule has 2 fully saturated rings. The Labute approximate surface area is 313 Å². The van der Waals surface area contributed by atoms with Crippen molar-refractivity contribution in [1.82, 2.24) is 4.90 Å². The van der Waals surface area contributed by atoms with E-state index in [0.717, 1.165) is 87.0 Å².